The molecule has 0 fully saturated rings. The van der Waals surface area contributed by atoms with Gasteiger partial charge in [0.05, 0.1) is 5.71 Å². The van der Waals surface area contributed by atoms with E-state index >= 15 is 0 Å². The van der Waals surface area contributed by atoms with Crippen molar-refractivity contribution in [2.24, 2.45) is 4.99 Å². The second-order valence-electron chi connectivity index (χ2n) is 3.93. The van der Waals surface area contributed by atoms with Gasteiger partial charge in [-0.1, -0.05) is 30.3 Å². The molecule has 0 aliphatic heterocycles. The minimum atomic E-state index is -0.450. The first-order valence-corrected chi connectivity index (χ1v) is 5.84. The summed E-state index contributed by atoms with van der Waals surface area (Å²) < 4.78 is 5.66. The molecule has 88 valence electrons. The minimum absolute atomic E-state index is 0.450. The molecular weight excluding hydrogens is 210 g/mol. The number of allylic oxidation sites excluding steroid dienone is 2. The Balaban J connectivity index is 2.34. The number of hydrogen-bond donors (Lipinski definition) is 0. The second-order valence-corrected chi connectivity index (χ2v) is 3.93. The van der Waals surface area contributed by atoms with Gasteiger partial charge in [-0.05, 0) is 36.8 Å². The molecule has 0 aromatic heterocycles. The summed E-state index contributed by atoms with van der Waals surface area (Å²) >= 11 is 0. The Hall–Kier alpha value is -1.67. The van der Waals surface area contributed by atoms with E-state index in [0.29, 0.717) is 0 Å². The van der Waals surface area contributed by atoms with Gasteiger partial charge in [0.15, 0.2) is 0 Å². The van der Waals surface area contributed by atoms with Crippen molar-refractivity contribution >= 4 is 5.71 Å². The molecule has 1 aliphatic carbocycles. The van der Waals surface area contributed by atoms with E-state index in [1.807, 2.05) is 37.3 Å². The molecule has 2 nitrogen and oxygen atoms in total. The highest BCUT2D eigenvalue weighted by Gasteiger charge is 2.27. The van der Waals surface area contributed by atoms with Gasteiger partial charge >= 0.3 is 0 Å². The summed E-state index contributed by atoms with van der Waals surface area (Å²) in [6.45, 7) is 2.83. The summed E-state index contributed by atoms with van der Waals surface area (Å²) in [6, 6.07) is 10.2. The van der Waals surface area contributed by atoms with Gasteiger partial charge in [0.25, 0.3) is 0 Å². The second kappa shape index (κ2) is 5.11. The number of rotatable bonds is 3. The molecule has 0 radical (unpaired) electrons. The average Bonchev–Trinajstić information content (AvgIpc) is 2.41. The van der Waals surface area contributed by atoms with Crippen molar-refractivity contribution in [2.75, 3.05) is 13.7 Å². The van der Waals surface area contributed by atoms with E-state index in [0.717, 1.165) is 17.8 Å². The molecule has 2 heteroatoms. The third kappa shape index (κ3) is 2.37. The normalized spacial score (nSPS) is 22.8. The van der Waals surface area contributed by atoms with Crippen LogP contribution in [0.1, 0.15) is 12.5 Å². The van der Waals surface area contributed by atoms with Gasteiger partial charge in [-0.25, -0.2) is 0 Å². The van der Waals surface area contributed by atoms with Crippen LogP contribution in [0.5, 0.6) is 0 Å². The lowest BCUT2D eigenvalue weighted by atomic mass is 9.89. The Morgan fingerprint density at radius 2 is 1.76 bits per heavy atom. The zero-order valence-electron chi connectivity index (χ0n) is 10.3. The van der Waals surface area contributed by atoms with Gasteiger partial charge < -0.3 is 4.74 Å². The molecule has 0 heterocycles. The number of nitrogens with zero attached hydrogens (tertiary/aromatic N) is 1. The molecule has 2 rings (SSSR count). The van der Waals surface area contributed by atoms with Crippen molar-refractivity contribution in [2.45, 2.75) is 12.5 Å². The van der Waals surface area contributed by atoms with Gasteiger partial charge in [-0.3, -0.25) is 4.99 Å². The van der Waals surface area contributed by atoms with Gasteiger partial charge in [0.2, 0.25) is 0 Å². The number of methoxy groups -OCH3 is 1. The Bertz CT molecular complexity index is 441. The summed E-state index contributed by atoms with van der Waals surface area (Å²) in [7, 11) is 1.73. The summed E-state index contributed by atoms with van der Waals surface area (Å²) in [5.74, 6) is 0. The molecule has 0 bridgehead atoms. The van der Waals surface area contributed by atoms with E-state index in [9.17, 15) is 0 Å². The van der Waals surface area contributed by atoms with E-state index in [1.54, 1.807) is 7.11 Å². The SMILES string of the molecule is CCN=C1C=CC(OC)(c2ccccc2)C=C1. The molecule has 17 heavy (non-hydrogen) atoms. The predicted octanol–water partition coefficient (Wildman–Crippen LogP) is 3.12. The Morgan fingerprint density at radius 3 is 2.29 bits per heavy atom. The van der Waals surface area contributed by atoms with Crippen LogP contribution in [0.15, 0.2) is 59.6 Å². The average molecular weight is 227 g/mol. The summed E-state index contributed by atoms with van der Waals surface area (Å²) in [5, 5.41) is 0. The van der Waals surface area contributed by atoms with Crippen LogP contribution < -0.4 is 0 Å². The summed E-state index contributed by atoms with van der Waals surface area (Å²) in [5.41, 5.74) is 1.68. The van der Waals surface area contributed by atoms with Crippen LogP contribution in [-0.2, 0) is 10.3 Å². The van der Waals surface area contributed by atoms with Crippen LogP contribution in [0.2, 0.25) is 0 Å². The largest absolute Gasteiger partial charge is 0.365 e. The Kier molecular flexibility index (Phi) is 3.55. The first-order chi connectivity index (χ1) is 8.30. The van der Waals surface area contributed by atoms with Crippen molar-refractivity contribution in [1.29, 1.82) is 0 Å². The maximum absolute atomic E-state index is 5.66. The lowest BCUT2D eigenvalue weighted by Crippen LogP contribution is -2.25. The van der Waals surface area contributed by atoms with Crippen LogP contribution >= 0.6 is 0 Å². The Morgan fingerprint density at radius 1 is 1.12 bits per heavy atom. The third-order valence-corrected chi connectivity index (χ3v) is 2.91. The highest BCUT2D eigenvalue weighted by Crippen LogP contribution is 2.30. The lowest BCUT2D eigenvalue weighted by molar-refractivity contribution is 0.0722. The molecule has 0 spiro atoms. The van der Waals surface area contributed by atoms with E-state index in [-0.39, 0.29) is 0 Å². The van der Waals surface area contributed by atoms with E-state index < -0.39 is 5.60 Å². The zero-order chi connectivity index (χ0) is 12.1. The summed E-state index contributed by atoms with van der Waals surface area (Å²) in [6.07, 6.45) is 8.13. The lowest BCUT2D eigenvalue weighted by Gasteiger charge is -2.28. The molecule has 1 aromatic carbocycles. The molecule has 0 amide bonds. The molecule has 0 unspecified atom stereocenters. The number of ether oxygens (including phenoxy) is 1. The van der Waals surface area contributed by atoms with Crippen LogP contribution in [0, 0.1) is 0 Å². The number of benzene rings is 1. The number of hydrogen-bond acceptors (Lipinski definition) is 2. The van der Waals surface area contributed by atoms with Crippen molar-refractivity contribution in [3.05, 3.63) is 60.2 Å². The first-order valence-electron chi connectivity index (χ1n) is 5.84. The maximum atomic E-state index is 5.66. The van der Waals surface area contributed by atoms with Crippen LogP contribution in [0.4, 0.5) is 0 Å². The topological polar surface area (TPSA) is 21.6 Å². The van der Waals surface area contributed by atoms with Crippen molar-refractivity contribution < 1.29 is 4.74 Å². The van der Waals surface area contributed by atoms with Crippen molar-refractivity contribution in [1.82, 2.24) is 0 Å². The van der Waals surface area contributed by atoms with Crippen molar-refractivity contribution in [3.8, 4) is 0 Å². The van der Waals surface area contributed by atoms with Gasteiger partial charge in [0.1, 0.15) is 5.60 Å². The van der Waals surface area contributed by atoms with E-state index in [2.05, 4.69) is 29.3 Å². The molecule has 0 saturated carbocycles. The van der Waals surface area contributed by atoms with E-state index in [1.165, 1.54) is 0 Å². The van der Waals surface area contributed by atoms with Crippen LogP contribution in [0.3, 0.4) is 0 Å². The fourth-order valence-electron chi connectivity index (χ4n) is 1.96. The molecule has 0 N–H and O–H groups in total. The number of aliphatic imine (C=N–C) groups is 1. The summed E-state index contributed by atoms with van der Waals surface area (Å²) in [4.78, 5) is 4.36. The van der Waals surface area contributed by atoms with Gasteiger partial charge in [0, 0.05) is 13.7 Å². The highest BCUT2D eigenvalue weighted by molar-refractivity contribution is 6.05. The van der Waals surface area contributed by atoms with E-state index in [4.69, 9.17) is 4.74 Å². The molecule has 1 aliphatic rings. The monoisotopic (exact) mass is 227 g/mol. The zero-order valence-corrected chi connectivity index (χ0v) is 10.3. The molecular formula is C15H17NO. The standard InChI is InChI=1S/C15H17NO/c1-3-16-14-9-11-15(17-2,12-10-14)13-7-5-4-6-8-13/h4-12H,3H2,1-2H3. The minimum Gasteiger partial charge on any atom is -0.365 e. The fourth-order valence-corrected chi connectivity index (χ4v) is 1.96. The maximum Gasteiger partial charge on any atom is 0.130 e. The predicted molar refractivity (Wildman–Crippen MR) is 71.4 cm³/mol. The van der Waals surface area contributed by atoms with Gasteiger partial charge in [-0.2, -0.15) is 0 Å². The molecule has 1 aromatic rings. The first kappa shape index (κ1) is 11.8. The Labute approximate surface area is 102 Å². The van der Waals surface area contributed by atoms with Crippen LogP contribution in [0.25, 0.3) is 0 Å². The third-order valence-electron chi connectivity index (χ3n) is 2.91. The quantitative estimate of drug-likeness (QED) is 0.777. The van der Waals surface area contributed by atoms with Crippen molar-refractivity contribution in [3.63, 3.8) is 0 Å². The highest BCUT2D eigenvalue weighted by atomic mass is 16.5. The van der Waals surface area contributed by atoms with Gasteiger partial charge in [-0.15, -0.1) is 0 Å². The van der Waals surface area contributed by atoms with Crippen LogP contribution in [-0.4, -0.2) is 19.4 Å². The molecule has 0 saturated heterocycles. The fraction of sp³-hybridized carbons (Fsp3) is 0.267. The molecule has 0 atom stereocenters. The smallest absolute Gasteiger partial charge is 0.130 e.